The lowest BCUT2D eigenvalue weighted by atomic mass is 10.1. The van der Waals surface area contributed by atoms with E-state index in [9.17, 15) is 17.6 Å². The average Bonchev–Trinajstić information content (AvgIpc) is 2.62. The Hall–Kier alpha value is -1.71. The van der Waals surface area contributed by atoms with Crippen LogP contribution in [0.3, 0.4) is 0 Å². The zero-order valence-corrected chi connectivity index (χ0v) is 18.4. The Kier molecular flexibility index (Phi) is 8.42. The minimum absolute atomic E-state index is 0.0752. The standard InChI is InChI=1S/C20H32FN3O4S/c1-14(2)29(26,27)22-10-6-5-7-20(25)23-19-9-8-17(11-18(19)21)24-12-15(3)28-16(4)13-24/h8-9,11,14-16,22H,5-7,10,12-13H2,1-4H3,(H,23,25)/t15-,16+. The van der Waals surface area contributed by atoms with E-state index in [1.807, 2.05) is 13.8 Å². The van der Waals surface area contributed by atoms with E-state index in [1.54, 1.807) is 26.0 Å². The first kappa shape index (κ1) is 23.6. The summed E-state index contributed by atoms with van der Waals surface area (Å²) in [6, 6.07) is 4.80. The number of ether oxygens (including phenoxy) is 1. The maximum Gasteiger partial charge on any atom is 0.224 e. The molecule has 0 aliphatic carbocycles. The number of halogens is 1. The summed E-state index contributed by atoms with van der Waals surface area (Å²) in [5.41, 5.74) is 0.911. The molecule has 9 heteroatoms. The van der Waals surface area contributed by atoms with Gasteiger partial charge in [-0.25, -0.2) is 17.5 Å². The normalized spacial score (nSPS) is 20.1. The van der Waals surface area contributed by atoms with E-state index < -0.39 is 21.1 Å². The molecule has 1 aliphatic heterocycles. The van der Waals surface area contributed by atoms with E-state index in [4.69, 9.17) is 4.74 Å². The molecule has 0 saturated carbocycles. The van der Waals surface area contributed by atoms with Crippen LogP contribution in [0.2, 0.25) is 0 Å². The lowest BCUT2D eigenvalue weighted by molar-refractivity contribution is -0.116. The summed E-state index contributed by atoms with van der Waals surface area (Å²) in [5.74, 6) is -0.774. The van der Waals surface area contributed by atoms with Crippen molar-refractivity contribution >= 4 is 27.3 Å². The van der Waals surface area contributed by atoms with Gasteiger partial charge in [0.05, 0.1) is 23.1 Å². The highest BCUT2D eigenvalue weighted by atomic mass is 32.2. The summed E-state index contributed by atoms with van der Waals surface area (Å²) in [6.07, 6.45) is 1.39. The molecule has 164 valence electrons. The summed E-state index contributed by atoms with van der Waals surface area (Å²) < 4.78 is 45.9. The van der Waals surface area contributed by atoms with Gasteiger partial charge in [-0.2, -0.15) is 0 Å². The van der Waals surface area contributed by atoms with Crippen LogP contribution in [-0.2, 0) is 19.6 Å². The van der Waals surface area contributed by atoms with Crippen molar-refractivity contribution in [3.63, 3.8) is 0 Å². The molecule has 0 spiro atoms. The number of unbranched alkanes of at least 4 members (excludes halogenated alkanes) is 1. The first-order valence-electron chi connectivity index (χ1n) is 10.1. The third-order valence-electron chi connectivity index (χ3n) is 4.77. The van der Waals surface area contributed by atoms with Crippen molar-refractivity contribution in [2.24, 2.45) is 0 Å². The molecular weight excluding hydrogens is 397 g/mol. The average molecular weight is 430 g/mol. The predicted molar refractivity (Wildman–Crippen MR) is 113 cm³/mol. The van der Waals surface area contributed by atoms with Crippen molar-refractivity contribution < 1.29 is 22.3 Å². The molecular formula is C20H32FN3O4S. The van der Waals surface area contributed by atoms with Crippen molar-refractivity contribution in [3.8, 4) is 0 Å². The molecule has 0 aromatic heterocycles. The van der Waals surface area contributed by atoms with E-state index in [2.05, 4.69) is 14.9 Å². The van der Waals surface area contributed by atoms with Crippen molar-refractivity contribution in [1.82, 2.24) is 4.72 Å². The Morgan fingerprint density at radius 1 is 1.24 bits per heavy atom. The van der Waals surface area contributed by atoms with E-state index in [-0.39, 0.29) is 36.8 Å². The minimum atomic E-state index is -3.29. The van der Waals surface area contributed by atoms with Crippen LogP contribution in [0.25, 0.3) is 0 Å². The Labute approximate surface area is 173 Å². The number of rotatable bonds is 9. The van der Waals surface area contributed by atoms with Crippen molar-refractivity contribution in [3.05, 3.63) is 24.0 Å². The molecule has 2 N–H and O–H groups in total. The highest BCUT2D eigenvalue weighted by Gasteiger charge is 2.23. The molecule has 1 aliphatic rings. The van der Waals surface area contributed by atoms with Crippen LogP contribution in [0.4, 0.5) is 15.8 Å². The number of carbonyl (C=O) groups is 1. The predicted octanol–water partition coefficient (Wildman–Crippen LogP) is 2.88. The topological polar surface area (TPSA) is 87.7 Å². The number of sulfonamides is 1. The number of anilines is 2. The smallest absolute Gasteiger partial charge is 0.224 e. The summed E-state index contributed by atoms with van der Waals surface area (Å²) in [4.78, 5) is 14.1. The first-order valence-corrected chi connectivity index (χ1v) is 11.6. The molecule has 1 amide bonds. The number of morpholine rings is 1. The van der Waals surface area contributed by atoms with Gasteiger partial charge < -0.3 is 15.0 Å². The molecule has 1 saturated heterocycles. The monoisotopic (exact) mass is 429 g/mol. The SMILES string of the molecule is CC(C)S(=O)(=O)NCCCCC(=O)Nc1ccc(N2C[C@@H](C)O[C@@H](C)C2)cc1F. The van der Waals surface area contributed by atoms with Crippen LogP contribution in [0.1, 0.15) is 47.0 Å². The van der Waals surface area contributed by atoms with Gasteiger partial charge in [-0.3, -0.25) is 4.79 Å². The molecule has 1 heterocycles. The molecule has 1 fully saturated rings. The van der Waals surface area contributed by atoms with Crippen LogP contribution < -0.4 is 14.9 Å². The van der Waals surface area contributed by atoms with Crippen molar-refractivity contribution in [1.29, 1.82) is 0 Å². The van der Waals surface area contributed by atoms with Gasteiger partial charge in [0.25, 0.3) is 0 Å². The Bertz CT molecular complexity index is 791. The van der Waals surface area contributed by atoms with E-state index >= 15 is 0 Å². The second-order valence-electron chi connectivity index (χ2n) is 7.82. The van der Waals surface area contributed by atoms with Crippen molar-refractivity contribution in [2.75, 3.05) is 29.9 Å². The number of hydrogen-bond donors (Lipinski definition) is 2. The third-order valence-corrected chi connectivity index (χ3v) is 6.61. The molecule has 7 nitrogen and oxygen atoms in total. The second-order valence-corrected chi connectivity index (χ2v) is 10.1. The minimum Gasteiger partial charge on any atom is -0.372 e. The lowest BCUT2D eigenvalue weighted by Crippen LogP contribution is -2.45. The zero-order valence-electron chi connectivity index (χ0n) is 17.6. The third kappa shape index (κ3) is 7.24. The highest BCUT2D eigenvalue weighted by molar-refractivity contribution is 7.90. The van der Waals surface area contributed by atoms with Crippen LogP contribution in [-0.4, -0.2) is 51.4 Å². The van der Waals surface area contributed by atoms with Gasteiger partial charge in [0.1, 0.15) is 5.82 Å². The molecule has 2 atom stereocenters. The van der Waals surface area contributed by atoms with Crippen molar-refractivity contribution in [2.45, 2.75) is 64.4 Å². The fourth-order valence-electron chi connectivity index (χ4n) is 3.20. The van der Waals surface area contributed by atoms with Gasteiger partial charge in [-0.15, -0.1) is 0 Å². The number of carbonyl (C=O) groups excluding carboxylic acids is 1. The molecule has 0 radical (unpaired) electrons. The summed E-state index contributed by atoms with van der Waals surface area (Å²) in [5, 5.41) is 2.10. The largest absolute Gasteiger partial charge is 0.372 e. The molecule has 1 aromatic carbocycles. The van der Waals surface area contributed by atoms with Crippen LogP contribution in [0.5, 0.6) is 0 Å². The molecule has 0 unspecified atom stereocenters. The van der Waals surface area contributed by atoms with Gasteiger partial charge in [-0.1, -0.05) is 0 Å². The highest BCUT2D eigenvalue weighted by Crippen LogP contribution is 2.25. The van der Waals surface area contributed by atoms with Crippen LogP contribution in [0.15, 0.2) is 18.2 Å². The van der Waals surface area contributed by atoms with Gasteiger partial charge >= 0.3 is 0 Å². The summed E-state index contributed by atoms with van der Waals surface area (Å²) >= 11 is 0. The first-order chi connectivity index (χ1) is 13.6. The lowest BCUT2D eigenvalue weighted by Gasteiger charge is -2.37. The fraction of sp³-hybridized carbons (Fsp3) is 0.650. The van der Waals surface area contributed by atoms with Crippen LogP contribution in [0, 0.1) is 5.82 Å². The maximum absolute atomic E-state index is 14.5. The molecule has 2 rings (SSSR count). The zero-order chi connectivity index (χ0) is 21.6. The van der Waals surface area contributed by atoms with Crippen LogP contribution >= 0.6 is 0 Å². The Morgan fingerprint density at radius 2 is 1.90 bits per heavy atom. The molecule has 29 heavy (non-hydrogen) atoms. The maximum atomic E-state index is 14.5. The number of hydrogen-bond acceptors (Lipinski definition) is 5. The number of nitrogens with zero attached hydrogens (tertiary/aromatic N) is 1. The van der Waals surface area contributed by atoms with E-state index in [0.717, 1.165) is 5.69 Å². The Balaban J connectivity index is 1.80. The van der Waals surface area contributed by atoms with Gasteiger partial charge in [-0.05, 0) is 58.7 Å². The van der Waals surface area contributed by atoms with E-state index in [0.29, 0.717) is 25.9 Å². The van der Waals surface area contributed by atoms with Gasteiger partial charge in [0.15, 0.2) is 0 Å². The second kappa shape index (κ2) is 10.4. The number of nitrogens with one attached hydrogen (secondary N) is 2. The quantitative estimate of drug-likeness (QED) is 0.590. The number of amides is 1. The number of benzene rings is 1. The molecule has 1 aromatic rings. The van der Waals surface area contributed by atoms with Gasteiger partial charge in [0, 0.05) is 31.7 Å². The van der Waals surface area contributed by atoms with E-state index in [1.165, 1.54) is 6.07 Å². The summed E-state index contributed by atoms with van der Waals surface area (Å²) in [6.45, 7) is 8.85. The summed E-state index contributed by atoms with van der Waals surface area (Å²) in [7, 11) is -3.29. The fourth-order valence-corrected chi connectivity index (χ4v) is 3.96. The van der Waals surface area contributed by atoms with Gasteiger partial charge in [0.2, 0.25) is 15.9 Å². The molecule has 0 bridgehead atoms. The Morgan fingerprint density at radius 3 is 2.48 bits per heavy atom.